The molecule has 1 saturated carbocycles. The largest absolute Gasteiger partial charge is 0.461 e. The highest BCUT2D eigenvalue weighted by Crippen LogP contribution is 2.62. The molecule has 1 spiro atoms. The van der Waals surface area contributed by atoms with Crippen LogP contribution in [0.5, 0.6) is 6.01 Å². The standard InChI is InChI=1S/C41H41ClF4N10O3S/c1-58-19-39(9-10-39)35-40(18-55(35)38(57)56-21-49-36(46)52-56)7-2-3-11-53(17-40)34-24-13-26(42)29(23-5-6-27(44)32-28(23)25(15-47)33(48)60-32)30(45)31(24)50-37(51-34)59-20-41-8-4-12-54(41)16-22(43)14-41/h5-6,13,21-22,35H,2-4,7-12,14,16-20,48H2,1H3/t22-,35-,40-,41+/m1/s1. The van der Waals surface area contributed by atoms with Crippen LogP contribution < -0.4 is 15.4 Å². The molecular weight excluding hydrogens is 824 g/mol. The van der Waals surface area contributed by atoms with Gasteiger partial charge in [-0.25, -0.2) is 18.0 Å². The van der Waals surface area contributed by atoms with Gasteiger partial charge in [0.1, 0.15) is 47.3 Å². The highest BCUT2D eigenvalue weighted by molar-refractivity contribution is 7.23. The minimum absolute atomic E-state index is 0.0135. The van der Waals surface area contributed by atoms with Crippen molar-refractivity contribution in [3.05, 3.63) is 52.8 Å². The smallest absolute Gasteiger partial charge is 0.346 e. The quantitative estimate of drug-likeness (QED) is 0.156. The molecule has 2 N–H and O–H groups in total. The van der Waals surface area contributed by atoms with E-state index in [1.165, 1.54) is 12.1 Å². The number of alkyl halides is 1. The van der Waals surface area contributed by atoms with Crippen LogP contribution in [0.1, 0.15) is 56.9 Å². The van der Waals surface area contributed by atoms with Gasteiger partial charge < -0.3 is 25.0 Å². The van der Waals surface area contributed by atoms with E-state index in [9.17, 15) is 18.8 Å². The fourth-order valence-electron chi connectivity index (χ4n) is 11.0. The molecule has 10 rings (SSSR count). The lowest BCUT2D eigenvalue weighted by molar-refractivity contribution is -0.0961. The fourth-order valence-corrected chi connectivity index (χ4v) is 12.3. The second-order valence-corrected chi connectivity index (χ2v) is 18.7. The number of likely N-dealkylation sites (tertiary alicyclic amines) is 1. The number of hydrogen-bond donors (Lipinski definition) is 1. The Morgan fingerprint density at radius 2 is 1.93 bits per heavy atom. The Bertz CT molecular complexity index is 2620. The first-order chi connectivity index (χ1) is 28.9. The average Bonchev–Trinajstić information content (AvgIpc) is 3.39. The highest BCUT2D eigenvalue weighted by Gasteiger charge is 2.67. The Kier molecular flexibility index (Phi) is 9.43. The second kappa shape index (κ2) is 14.4. The maximum absolute atomic E-state index is 17.5. The van der Waals surface area contributed by atoms with Crippen molar-refractivity contribution in [3.8, 4) is 23.2 Å². The molecule has 19 heteroatoms. The van der Waals surface area contributed by atoms with Gasteiger partial charge in [-0.2, -0.15) is 29.3 Å². The molecule has 4 aliphatic heterocycles. The summed E-state index contributed by atoms with van der Waals surface area (Å²) in [6, 6.07) is 5.33. The summed E-state index contributed by atoms with van der Waals surface area (Å²) in [4.78, 5) is 33.0. The van der Waals surface area contributed by atoms with Crippen molar-refractivity contribution in [2.24, 2.45) is 10.8 Å². The number of carbonyl (C=O) groups is 1. The molecule has 5 aromatic rings. The number of rotatable bonds is 8. The maximum atomic E-state index is 17.5. The molecule has 2 aromatic carbocycles. The molecule has 1 amide bonds. The molecule has 5 aliphatic rings. The zero-order chi connectivity index (χ0) is 41.7. The lowest BCUT2D eigenvalue weighted by Gasteiger charge is -2.61. The summed E-state index contributed by atoms with van der Waals surface area (Å²) >= 11 is 7.93. The van der Waals surface area contributed by atoms with Crippen molar-refractivity contribution < 1.29 is 31.8 Å². The van der Waals surface area contributed by atoms with Crippen LogP contribution in [0.25, 0.3) is 32.1 Å². The Labute approximate surface area is 351 Å². The van der Waals surface area contributed by atoms with E-state index in [1.807, 2.05) is 6.07 Å². The zero-order valence-corrected chi connectivity index (χ0v) is 34.3. The van der Waals surface area contributed by atoms with Crippen molar-refractivity contribution >= 4 is 60.8 Å². The number of nitriles is 1. The molecule has 4 atom stereocenters. The topological polar surface area (TPSA) is 152 Å². The molecular formula is C41H41ClF4N10O3S. The maximum Gasteiger partial charge on any atom is 0.346 e. The van der Waals surface area contributed by atoms with Gasteiger partial charge in [0.2, 0.25) is 0 Å². The third-order valence-corrected chi connectivity index (χ3v) is 14.9. The monoisotopic (exact) mass is 864 g/mol. The van der Waals surface area contributed by atoms with Crippen LogP contribution in [0.3, 0.4) is 0 Å². The average molecular weight is 865 g/mol. The number of thiophene rings is 1. The third-order valence-electron chi connectivity index (χ3n) is 13.6. The molecule has 0 unspecified atom stereocenters. The summed E-state index contributed by atoms with van der Waals surface area (Å²) in [7, 11) is 1.64. The van der Waals surface area contributed by atoms with E-state index >= 15 is 8.78 Å². The number of carbonyl (C=O) groups excluding carboxylic acids is 1. The molecule has 0 radical (unpaired) electrons. The number of hydrogen-bond acceptors (Lipinski definition) is 12. The van der Waals surface area contributed by atoms with Crippen LogP contribution in [0, 0.1) is 39.9 Å². The third kappa shape index (κ3) is 6.09. The number of methoxy groups -OCH3 is 1. The van der Waals surface area contributed by atoms with Gasteiger partial charge in [-0.1, -0.05) is 24.1 Å². The minimum Gasteiger partial charge on any atom is -0.461 e. The minimum atomic E-state index is -0.997. The molecule has 13 nitrogen and oxygen atoms in total. The lowest BCUT2D eigenvalue weighted by Crippen LogP contribution is -2.73. The summed E-state index contributed by atoms with van der Waals surface area (Å²) in [6.07, 6.45) is 5.05. The van der Waals surface area contributed by atoms with Gasteiger partial charge >= 0.3 is 18.1 Å². The number of fused-ring (bicyclic) bond motifs is 3. The summed E-state index contributed by atoms with van der Waals surface area (Å²) < 4.78 is 74.5. The van der Waals surface area contributed by atoms with Gasteiger partial charge in [-0.15, -0.1) is 16.4 Å². The number of ether oxygens (including phenoxy) is 2. The number of nitrogens with two attached hydrogens (primary N) is 1. The normalized spacial score (nSPS) is 26.1. The molecule has 314 valence electrons. The van der Waals surface area contributed by atoms with Crippen molar-refractivity contribution in [2.45, 2.75) is 69.1 Å². The van der Waals surface area contributed by atoms with E-state index in [2.05, 4.69) is 24.9 Å². The van der Waals surface area contributed by atoms with Crippen molar-refractivity contribution in [3.63, 3.8) is 0 Å². The highest BCUT2D eigenvalue weighted by atomic mass is 35.5. The van der Waals surface area contributed by atoms with Crippen LogP contribution >= 0.6 is 22.9 Å². The van der Waals surface area contributed by atoms with Crippen LogP contribution in [0.15, 0.2) is 24.5 Å². The predicted octanol–water partition coefficient (Wildman–Crippen LogP) is 7.34. The van der Waals surface area contributed by atoms with Crippen LogP contribution in [-0.4, -0.2) is 111 Å². The molecule has 3 aromatic heterocycles. The summed E-state index contributed by atoms with van der Waals surface area (Å²) in [5, 5.41) is 14.2. The first-order valence-corrected chi connectivity index (χ1v) is 21.3. The SMILES string of the molecule is COCC1([C@H]2N(C(=O)n3cnc(F)n3)C[C@]23CCCCN(c2nc(OC[C@@]45CCCN4C[C@H](F)C5)nc4c(F)c(-c5ccc(F)c6sc(N)c(C#N)c56)c(Cl)cc24)C3)CC1. The van der Waals surface area contributed by atoms with E-state index in [-0.39, 0.29) is 66.4 Å². The summed E-state index contributed by atoms with van der Waals surface area (Å²) in [6.45, 7) is 2.89. The number of benzene rings is 2. The van der Waals surface area contributed by atoms with E-state index in [0.29, 0.717) is 50.4 Å². The first kappa shape index (κ1) is 39.3. The number of nitrogen functional groups attached to an aromatic ring is 1. The fraction of sp³-hybridized carbons (Fsp3) is 0.512. The van der Waals surface area contributed by atoms with Gasteiger partial charge in [0.05, 0.1) is 33.5 Å². The van der Waals surface area contributed by atoms with Gasteiger partial charge in [0.15, 0.2) is 5.82 Å². The zero-order valence-electron chi connectivity index (χ0n) is 32.7. The van der Waals surface area contributed by atoms with E-state index in [0.717, 1.165) is 73.8 Å². The summed E-state index contributed by atoms with van der Waals surface area (Å²) in [5.74, 6) is -1.05. The van der Waals surface area contributed by atoms with E-state index < -0.39 is 40.9 Å². The van der Waals surface area contributed by atoms with Gasteiger partial charge in [-0.3, -0.25) is 4.90 Å². The van der Waals surface area contributed by atoms with Crippen LogP contribution in [0.4, 0.5) is 33.2 Å². The van der Waals surface area contributed by atoms with Crippen LogP contribution in [0.2, 0.25) is 5.02 Å². The Hall–Kier alpha value is -4.83. The molecule has 1 aliphatic carbocycles. The number of anilines is 2. The van der Waals surface area contributed by atoms with E-state index in [4.69, 9.17) is 31.8 Å². The van der Waals surface area contributed by atoms with E-state index in [1.54, 1.807) is 18.1 Å². The summed E-state index contributed by atoms with van der Waals surface area (Å²) in [5.41, 5.74) is 4.82. The molecule has 5 fully saturated rings. The second-order valence-electron chi connectivity index (χ2n) is 17.2. The Morgan fingerprint density at radius 1 is 1.10 bits per heavy atom. The van der Waals surface area contributed by atoms with Gasteiger partial charge in [-0.05, 0) is 62.8 Å². The molecule has 7 heterocycles. The molecule has 0 bridgehead atoms. The molecule has 4 saturated heterocycles. The number of halogens is 5. The van der Waals surface area contributed by atoms with Crippen molar-refractivity contribution in [1.82, 2.24) is 34.5 Å². The van der Waals surface area contributed by atoms with Crippen molar-refractivity contribution in [1.29, 1.82) is 5.26 Å². The lowest BCUT2D eigenvalue weighted by atomic mass is 9.62. The predicted molar refractivity (Wildman–Crippen MR) is 216 cm³/mol. The Morgan fingerprint density at radius 3 is 2.68 bits per heavy atom. The molecule has 60 heavy (non-hydrogen) atoms. The van der Waals surface area contributed by atoms with Crippen LogP contribution in [-0.2, 0) is 4.74 Å². The first-order valence-electron chi connectivity index (χ1n) is 20.1. The number of nitrogens with zero attached hydrogens (tertiary/aromatic N) is 9. The number of aromatic nitrogens is 5. The van der Waals surface area contributed by atoms with Gasteiger partial charge in [0.25, 0.3) is 0 Å². The number of amides is 1. The van der Waals surface area contributed by atoms with Crippen molar-refractivity contribution in [2.75, 3.05) is 63.7 Å². The Balaban J connectivity index is 1.10. The van der Waals surface area contributed by atoms with Gasteiger partial charge in [0, 0.05) is 66.9 Å².